The second-order valence-corrected chi connectivity index (χ2v) is 9.85. The number of nitrogens with one attached hydrogen (secondary N) is 1. The van der Waals surface area contributed by atoms with Crippen LogP contribution in [0.1, 0.15) is 17.5 Å². The van der Waals surface area contributed by atoms with E-state index in [9.17, 15) is 13.2 Å². The lowest BCUT2D eigenvalue weighted by molar-refractivity contribution is -0.118. The Kier molecular flexibility index (Phi) is 6.39. The molecule has 0 atom stereocenters. The van der Waals surface area contributed by atoms with Crippen LogP contribution < -0.4 is 14.4 Å². The van der Waals surface area contributed by atoms with Gasteiger partial charge < -0.3 is 10.1 Å². The van der Waals surface area contributed by atoms with Crippen LogP contribution in [0.2, 0.25) is 5.02 Å². The maximum Gasteiger partial charge on any atom is 0.264 e. The molecule has 0 radical (unpaired) electrons. The molecule has 1 heterocycles. The fourth-order valence-corrected chi connectivity index (χ4v) is 5.32. The van der Waals surface area contributed by atoms with Crippen LogP contribution in [-0.4, -0.2) is 27.5 Å². The molecule has 0 unspecified atom stereocenters. The first-order valence-electron chi connectivity index (χ1n) is 10.2. The number of aryl methyl sites for hydroxylation is 2. The molecule has 3 aromatic rings. The number of rotatable bonds is 6. The first-order valence-corrected chi connectivity index (χ1v) is 12.1. The predicted molar refractivity (Wildman–Crippen MR) is 126 cm³/mol. The fraction of sp³-hybridized carbons (Fsp3) is 0.208. The zero-order valence-corrected chi connectivity index (χ0v) is 19.1. The molecule has 166 valence electrons. The van der Waals surface area contributed by atoms with Crippen molar-refractivity contribution in [1.82, 2.24) is 0 Å². The lowest BCUT2D eigenvalue weighted by Crippen LogP contribution is -2.35. The zero-order chi connectivity index (χ0) is 22.7. The Morgan fingerprint density at radius 3 is 2.59 bits per heavy atom. The Morgan fingerprint density at radius 2 is 1.84 bits per heavy atom. The van der Waals surface area contributed by atoms with Crippen LogP contribution in [0.3, 0.4) is 0 Å². The number of hydrogen-bond donors (Lipinski definition) is 1. The SMILES string of the molecule is Cc1ccc(NC(=O)COc2ccc(S(=O)(=O)N3CCCc4ccccc43)cc2)cc1Cl. The van der Waals surface area contributed by atoms with Gasteiger partial charge in [-0.1, -0.05) is 35.9 Å². The number of amides is 1. The molecule has 6 nitrogen and oxygen atoms in total. The molecule has 0 saturated carbocycles. The van der Waals surface area contributed by atoms with E-state index >= 15 is 0 Å². The topological polar surface area (TPSA) is 75.7 Å². The summed E-state index contributed by atoms with van der Waals surface area (Å²) in [5.41, 5.74) is 3.26. The van der Waals surface area contributed by atoms with Gasteiger partial charge >= 0.3 is 0 Å². The fourth-order valence-electron chi connectivity index (χ4n) is 3.60. The van der Waals surface area contributed by atoms with Crippen molar-refractivity contribution in [3.8, 4) is 5.75 Å². The van der Waals surface area contributed by atoms with Crippen molar-refractivity contribution in [2.45, 2.75) is 24.7 Å². The lowest BCUT2D eigenvalue weighted by Gasteiger charge is -2.30. The molecule has 0 fully saturated rings. The predicted octanol–water partition coefficient (Wildman–Crippen LogP) is 4.81. The summed E-state index contributed by atoms with van der Waals surface area (Å²) < 4.78 is 33.4. The second-order valence-electron chi connectivity index (χ2n) is 7.58. The van der Waals surface area contributed by atoms with Gasteiger partial charge in [0.25, 0.3) is 15.9 Å². The smallest absolute Gasteiger partial charge is 0.264 e. The Labute approximate surface area is 192 Å². The molecule has 8 heteroatoms. The van der Waals surface area contributed by atoms with Crippen LogP contribution >= 0.6 is 11.6 Å². The molecule has 0 bridgehead atoms. The highest BCUT2D eigenvalue weighted by atomic mass is 35.5. The molecule has 0 aromatic heterocycles. The maximum absolute atomic E-state index is 13.2. The van der Waals surface area contributed by atoms with Crippen LogP contribution in [0, 0.1) is 6.92 Å². The molecule has 1 aliphatic rings. The molecule has 0 aliphatic carbocycles. The Bertz CT molecular complexity index is 1240. The van der Waals surface area contributed by atoms with Crippen molar-refractivity contribution < 1.29 is 17.9 Å². The third-order valence-electron chi connectivity index (χ3n) is 5.30. The molecule has 4 rings (SSSR count). The molecule has 3 aromatic carbocycles. The van der Waals surface area contributed by atoms with Gasteiger partial charge in [-0.15, -0.1) is 0 Å². The van der Waals surface area contributed by atoms with Crippen LogP contribution in [0.4, 0.5) is 11.4 Å². The third kappa shape index (κ3) is 4.74. The molecule has 0 saturated heterocycles. The minimum absolute atomic E-state index is 0.181. The van der Waals surface area contributed by atoms with Crippen molar-refractivity contribution >= 4 is 38.9 Å². The normalized spacial score (nSPS) is 13.4. The number of nitrogens with zero attached hydrogens (tertiary/aromatic N) is 1. The van der Waals surface area contributed by atoms with E-state index in [2.05, 4.69) is 5.32 Å². The zero-order valence-electron chi connectivity index (χ0n) is 17.5. The standard InChI is InChI=1S/C24H23ClN2O4S/c1-17-8-9-19(15-22(17)25)26-24(28)16-31-20-10-12-21(13-11-20)32(29,30)27-14-4-6-18-5-2-3-7-23(18)27/h2-3,5,7-13,15H,4,6,14,16H2,1H3,(H,26,28). The molecular formula is C24H23ClN2O4S. The highest BCUT2D eigenvalue weighted by molar-refractivity contribution is 7.92. The van der Waals surface area contributed by atoms with Crippen molar-refractivity contribution in [1.29, 1.82) is 0 Å². The van der Waals surface area contributed by atoms with Gasteiger partial charge in [0.15, 0.2) is 6.61 Å². The Balaban J connectivity index is 1.41. The minimum Gasteiger partial charge on any atom is -0.484 e. The highest BCUT2D eigenvalue weighted by Gasteiger charge is 2.28. The van der Waals surface area contributed by atoms with Gasteiger partial charge in [-0.3, -0.25) is 9.10 Å². The average molecular weight is 471 g/mol. The van der Waals surface area contributed by atoms with Crippen molar-refractivity contribution in [2.75, 3.05) is 22.8 Å². The van der Waals surface area contributed by atoms with Gasteiger partial charge in [0.1, 0.15) is 5.75 Å². The average Bonchev–Trinajstić information content (AvgIpc) is 2.80. The number of carbonyl (C=O) groups excluding carboxylic acids is 1. The molecule has 1 aliphatic heterocycles. The van der Waals surface area contributed by atoms with Crippen LogP contribution in [-0.2, 0) is 21.2 Å². The first kappa shape index (κ1) is 22.2. The van der Waals surface area contributed by atoms with Gasteiger partial charge in [0.05, 0.1) is 10.6 Å². The first-order chi connectivity index (χ1) is 15.3. The number of carbonyl (C=O) groups is 1. The van der Waals surface area contributed by atoms with Crippen LogP contribution in [0.25, 0.3) is 0 Å². The third-order valence-corrected chi connectivity index (χ3v) is 7.54. The van der Waals surface area contributed by atoms with E-state index in [1.807, 2.05) is 37.3 Å². The monoisotopic (exact) mass is 470 g/mol. The number of sulfonamides is 1. The minimum atomic E-state index is -3.69. The van der Waals surface area contributed by atoms with E-state index < -0.39 is 10.0 Å². The lowest BCUT2D eigenvalue weighted by atomic mass is 10.0. The molecule has 1 amide bonds. The van der Waals surface area contributed by atoms with Gasteiger partial charge in [-0.25, -0.2) is 8.42 Å². The van der Waals surface area contributed by atoms with Crippen LogP contribution in [0.5, 0.6) is 5.75 Å². The summed E-state index contributed by atoms with van der Waals surface area (Å²) in [5.74, 6) is 0.0617. The van der Waals surface area contributed by atoms with E-state index in [-0.39, 0.29) is 17.4 Å². The summed E-state index contributed by atoms with van der Waals surface area (Å²) in [7, 11) is -3.69. The summed E-state index contributed by atoms with van der Waals surface area (Å²) in [5, 5.41) is 3.28. The summed E-state index contributed by atoms with van der Waals surface area (Å²) in [4.78, 5) is 12.3. The number of anilines is 2. The molecule has 1 N–H and O–H groups in total. The second kappa shape index (κ2) is 9.22. The maximum atomic E-state index is 13.2. The van der Waals surface area contributed by atoms with Gasteiger partial charge in [-0.05, 0) is 73.4 Å². The van der Waals surface area contributed by atoms with E-state index in [1.165, 1.54) is 16.4 Å². The Hall–Kier alpha value is -3.03. The van der Waals surface area contributed by atoms with Gasteiger partial charge in [-0.2, -0.15) is 0 Å². The van der Waals surface area contributed by atoms with Gasteiger partial charge in [0.2, 0.25) is 0 Å². The van der Waals surface area contributed by atoms with Crippen molar-refractivity contribution in [2.24, 2.45) is 0 Å². The van der Waals surface area contributed by atoms with E-state index in [1.54, 1.807) is 24.3 Å². The number of benzene rings is 3. The summed E-state index contributed by atoms with van der Waals surface area (Å²) in [6, 6.07) is 18.9. The number of hydrogen-bond acceptors (Lipinski definition) is 4. The van der Waals surface area contributed by atoms with E-state index in [0.29, 0.717) is 23.0 Å². The molecule has 0 spiro atoms. The highest BCUT2D eigenvalue weighted by Crippen LogP contribution is 2.32. The molecule has 32 heavy (non-hydrogen) atoms. The number of ether oxygens (including phenoxy) is 1. The van der Waals surface area contributed by atoms with Gasteiger partial charge in [0, 0.05) is 17.3 Å². The number of fused-ring (bicyclic) bond motifs is 1. The summed E-state index contributed by atoms with van der Waals surface area (Å²) in [6.07, 6.45) is 1.64. The molecular weight excluding hydrogens is 448 g/mol. The Morgan fingerprint density at radius 1 is 1.09 bits per heavy atom. The quantitative estimate of drug-likeness (QED) is 0.561. The number of halogens is 1. The van der Waals surface area contributed by atoms with E-state index in [4.69, 9.17) is 16.3 Å². The van der Waals surface area contributed by atoms with Crippen molar-refractivity contribution in [3.05, 3.63) is 82.9 Å². The van der Waals surface area contributed by atoms with Crippen molar-refractivity contribution in [3.63, 3.8) is 0 Å². The largest absolute Gasteiger partial charge is 0.484 e. The summed E-state index contributed by atoms with van der Waals surface area (Å²) >= 11 is 6.07. The summed E-state index contributed by atoms with van der Waals surface area (Å²) in [6.45, 7) is 2.11. The van der Waals surface area contributed by atoms with E-state index in [0.717, 1.165) is 29.7 Å². The van der Waals surface area contributed by atoms with Crippen LogP contribution in [0.15, 0.2) is 71.6 Å². The number of para-hydroxylation sites is 1.